The number of rotatable bonds is 5. The predicted molar refractivity (Wildman–Crippen MR) is 39.9 cm³/mol. The monoisotopic (exact) mass is 270 g/mol. The fraction of sp³-hybridized carbons (Fsp3) is 0.833. The molecule has 0 aliphatic rings. The fourth-order valence-corrected chi connectivity index (χ4v) is 0.751. The number of hydrogen-bond donors (Lipinski definition) is 2. The average Bonchev–Trinajstić information content (AvgIpc) is 2.08. The highest BCUT2D eigenvalue weighted by Gasteiger charge is 2.57. The van der Waals surface area contributed by atoms with Gasteiger partial charge in [0.05, 0.1) is 13.0 Å². The fourth-order valence-electron chi connectivity index (χ4n) is 0.751. The molecule has 0 heterocycles. The molecule has 0 aromatic rings. The maximum Gasteiger partial charge on any atom is 0.423 e. The van der Waals surface area contributed by atoms with Gasteiger partial charge in [0.15, 0.2) is 0 Å². The molecule has 3 N–H and O–H groups in total. The quantitative estimate of drug-likeness (QED) is 0.439. The van der Waals surface area contributed by atoms with Crippen molar-refractivity contribution in [2.75, 3.05) is 6.61 Å². The number of nitrogens with one attached hydrogen (secondary N) is 1. The molecule has 0 amide bonds. The zero-order valence-corrected chi connectivity index (χ0v) is 8.06. The normalized spacial score (nSPS) is 12.9. The zero-order valence-electron chi connectivity index (χ0n) is 8.06. The third-order valence-corrected chi connectivity index (χ3v) is 1.36. The number of ether oxygens (including phenoxy) is 1. The summed E-state index contributed by atoms with van der Waals surface area (Å²) in [4.78, 5) is 14.4. The van der Waals surface area contributed by atoms with Gasteiger partial charge < -0.3 is 9.57 Å². The molecule has 0 spiro atoms. The van der Waals surface area contributed by atoms with Gasteiger partial charge in [0.25, 0.3) is 0 Å². The van der Waals surface area contributed by atoms with Gasteiger partial charge in [0.2, 0.25) is 6.10 Å². The van der Waals surface area contributed by atoms with Crippen LogP contribution in [0.15, 0.2) is 0 Å². The molecule has 11 heteroatoms. The number of hydrazine groups is 1. The van der Waals surface area contributed by atoms with Crippen LogP contribution in [0, 0.1) is 0 Å². The summed E-state index contributed by atoms with van der Waals surface area (Å²) in [5, 5.41) is 0. The molecule has 17 heavy (non-hydrogen) atoms. The van der Waals surface area contributed by atoms with Crippen molar-refractivity contribution in [2.45, 2.75) is 24.9 Å². The van der Waals surface area contributed by atoms with Crippen LogP contribution in [0.1, 0.15) is 6.42 Å². The Bertz CT molecular complexity index is 239. The largest absolute Gasteiger partial charge is 0.423 e. The first-order valence-electron chi connectivity index (χ1n) is 3.99. The van der Waals surface area contributed by atoms with E-state index in [1.165, 1.54) is 5.59 Å². The zero-order chi connectivity index (χ0) is 13.7. The Hall–Kier alpha value is -1.07. The molecule has 0 bridgehead atoms. The van der Waals surface area contributed by atoms with Gasteiger partial charge in [-0.2, -0.15) is 26.3 Å². The molecule has 102 valence electrons. The Balaban J connectivity index is 4.26. The van der Waals surface area contributed by atoms with E-state index in [-0.39, 0.29) is 0 Å². The highest BCUT2D eigenvalue weighted by molar-refractivity contribution is 5.69. The molecule has 0 aliphatic heterocycles. The highest BCUT2D eigenvalue weighted by Crippen LogP contribution is 2.35. The van der Waals surface area contributed by atoms with Gasteiger partial charge in [-0.25, -0.2) is 5.84 Å². The molecule has 0 saturated heterocycles. The molecular weight excluding hydrogens is 262 g/mol. The van der Waals surface area contributed by atoms with E-state index in [4.69, 9.17) is 0 Å². The Morgan fingerprint density at radius 3 is 2.00 bits per heavy atom. The van der Waals surface area contributed by atoms with E-state index in [9.17, 15) is 31.1 Å². The summed E-state index contributed by atoms with van der Waals surface area (Å²) >= 11 is 0. The van der Waals surface area contributed by atoms with Crippen molar-refractivity contribution in [3.05, 3.63) is 0 Å². The van der Waals surface area contributed by atoms with Crippen LogP contribution in [-0.4, -0.2) is 31.0 Å². The summed E-state index contributed by atoms with van der Waals surface area (Å²) in [6, 6.07) is 0. The summed E-state index contributed by atoms with van der Waals surface area (Å²) < 4.78 is 74.9. The van der Waals surface area contributed by atoms with Gasteiger partial charge in [0, 0.05) is 0 Å². The maximum atomic E-state index is 11.9. The van der Waals surface area contributed by atoms with E-state index in [1.54, 1.807) is 0 Å². The number of hydrogen-bond acceptors (Lipinski definition) is 5. The van der Waals surface area contributed by atoms with Crippen molar-refractivity contribution >= 4 is 5.97 Å². The second-order valence-electron chi connectivity index (χ2n) is 2.68. The SMILES string of the molecule is NNOC(=O)CCOC(C(F)(F)F)C(F)(F)F. The van der Waals surface area contributed by atoms with E-state index in [0.717, 1.165) is 0 Å². The summed E-state index contributed by atoms with van der Waals surface area (Å²) in [7, 11) is 0. The Morgan fingerprint density at radius 1 is 1.18 bits per heavy atom. The van der Waals surface area contributed by atoms with Crippen LogP contribution >= 0.6 is 0 Å². The van der Waals surface area contributed by atoms with Gasteiger partial charge in [-0.3, -0.25) is 4.79 Å². The highest BCUT2D eigenvalue weighted by atomic mass is 19.4. The van der Waals surface area contributed by atoms with Crippen LogP contribution in [0.4, 0.5) is 26.3 Å². The van der Waals surface area contributed by atoms with Gasteiger partial charge >= 0.3 is 18.3 Å². The van der Waals surface area contributed by atoms with E-state index in [0.29, 0.717) is 0 Å². The Labute approximate surface area is 90.8 Å². The lowest BCUT2D eigenvalue weighted by Crippen LogP contribution is -2.44. The molecule has 0 saturated carbocycles. The minimum absolute atomic E-state index is 0.813. The van der Waals surface area contributed by atoms with Crippen LogP contribution in [0.25, 0.3) is 0 Å². The van der Waals surface area contributed by atoms with Crippen LogP contribution in [0.5, 0.6) is 0 Å². The first-order chi connectivity index (χ1) is 7.59. The molecule has 0 fully saturated rings. The third-order valence-electron chi connectivity index (χ3n) is 1.36. The minimum atomic E-state index is -5.60. The van der Waals surface area contributed by atoms with Crippen molar-refractivity contribution in [3.8, 4) is 0 Å². The summed E-state index contributed by atoms with van der Waals surface area (Å²) in [5.74, 6) is 3.35. The predicted octanol–water partition coefficient (Wildman–Crippen LogP) is 0.808. The van der Waals surface area contributed by atoms with Crippen molar-refractivity contribution in [1.29, 1.82) is 0 Å². The first kappa shape index (κ1) is 15.9. The maximum absolute atomic E-state index is 11.9. The number of nitrogens with two attached hydrogens (primary N) is 1. The third kappa shape index (κ3) is 6.28. The van der Waals surface area contributed by atoms with Crippen molar-refractivity contribution in [2.24, 2.45) is 5.84 Å². The van der Waals surface area contributed by atoms with Crippen LogP contribution < -0.4 is 11.4 Å². The van der Waals surface area contributed by atoms with Crippen molar-refractivity contribution in [1.82, 2.24) is 5.59 Å². The lowest BCUT2D eigenvalue weighted by Gasteiger charge is -2.22. The van der Waals surface area contributed by atoms with Gasteiger partial charge in [-0.15, -0.1) is 0 Å². The molecule has 0 unspecified atom stereocenters. The molecule has 5 nitrogen and oxygen atoms in total. The van der Waals surface area contributed by atoms with E-state index >= 15 is 0 Å². The lowest BCUT2D eigenvalue weighted by molar-refractivity contribution is -0.321. The van der Waals surface area contributed by atoms with Gasteiger partial charge in [-0.1, -0.05) is 5.59 Å². The van der Waals surface area contributed by atoms with Gasteiger partial charge in [0.1, 0.15) is 0 Å². The topological polar surface area (TPSA) is 73.6 Å². The number of alkyl halides is 6. The first-order valence-corrected chi connectivity index (χ1v) is 3.99. The van der Waals surface area contributed by atoms with Crippen molar-refractivity contribution in [3.63, 3.8) is 0 Å². The van der Waals surface area contributed by atoms with E-state index in [1.807, 2.05) is 0 Å². The molecule has 0 rings (SSSR count). The van der Waals surface area contributed by atoms with Crippen LogP contribution in [0.2, 0.25) is 0 Å². The number of carbonyl (C=O) groups excluding carboxylic acids is 1. The summed E-state index contributed by atoms with van der Waals surface area (Å²) in [6.07, 6.45) is -16.0. The molecule has 0 aromatic carbocycles. The standard InChI is InChI=1S/C6H8F6N2O3/c7-5(8,9)4(6(10,11)12)16-2-1-3(15)17-14-13/h4,14H,1-2,13H2. The summed E-state index contributed by atoms with van der Waals surface area (Å²) in [6.45, 7) is -1.11. The molecule has 0 radical (unpaired) electrons. The van der Waals surface area contributed by atoms with Crippen LogP contribution in [-0.2, 0) is 14.4 Å². The Morgan fingerprint density at radius 2 is 1.65 bits per heavy atom. The van der Waals surface area contributed by atoms with Crippen LogP contribution in [0.3, 0.4) is 0 Å². The molecule has 0 atom stereocenters. The van der Waals surface area contributed by atoms with Crippen molar-refractivity contribution < 1.29 is 40.7 Å². The van der Waals surface area contributed by atoms with E-state index < -0.39 is 37.5 Å². The molecule has 0 aromatic heterocycles. The number of carbonyl (C=O) groups is 1. The average molecular weight is 270 g/mol. The Kier molecular flexibility index (Phi) is 5.64. The van der Waals surface area contributed by atoms with E-state index in [2.05, 4.69) is 15.4 Å². The number of halogens is 6. The second-order valence-corrected chi connectivity index (χ2v) is 2.68. The molecular formula is C6H8F6N2O3. The van der Waals surface area contributed by atoms with Gasteiger partial charge in [-0.05, 0) is 0 Å². The second kappa shape index (κ2) is 6.02. The molecule has 0 aliphatic carbocycles. The lowest BCUT2D eigenvalue weighted by atomic mass is 10.3. The minimum Gasteiger partial charge on any atom is -0.360 e. The summed E-state index contributed by atoms with van der Waals surface area (Å²) in [5.41, 5.74) is 1.42. The smallest absolute Gasteiger partial charge is 0.360 e.